The molecule has 4 rings (SSSR count). The van der Waals surface area contributed by atoms with Gasteiger partial charge in [-0.2, -0.15) is 5.10 Å². The molecule has 2 aromatic rings. The first kappa shape index (κ1) is 18.6. The van der Waals surface area contributed by atoms with Crippen LogP contribution in [0.4, 0.5) is 0 Å². The van der Waals surface area contributed by atoms with Gasteiger partial charge in [0.05, 0.1) is 0 Å². The molecule has 0 bridgehead atoms. The molecule has 0 N–H and O–H groups in total. The maximum atomic E-state index is 12.9. The second-order valence-electron chi connectivity index (χ2n) is 7.62. The number of aryl methyl sites for hydroxylation is 2. The Bertz CT molecular complexity index is 883. The second kappa shape index (κ2) is 7.01. The second-order valence-corrected chi connectivity index (χ2v) is 7.62. The maximum Gasteiger partial charge on any atom is 0.272 e. The molecule has 10 nitrogen and oxygen atoms in total. The van der Waals surface area contributed by atoms with Crippen LogP contribution >= 0.6 is 0 Å². The molecule has 0 aromatic carbocycles. The predicted octanol–water partition coefficient (Wildman–Crippen LogP) is -0.254. The minimum absolute atomic E-state index is 0.0247. The molecule has 2 amide bonds. The molecular formula is C18H25N7O3. The molecule has 28 heavy (non-hydrogen) atoms. The third-order valence-electron chi connectivity index (χ3n) is 5.86. The van der Waals surface area contributed by atoms with Crippen LogP contribution in [0.1, 0.15) is 29.2 Å². The van der Waals surface area contributed by atoms with Gasteiger partial charge in [-0.25, -0.2) is 0 Å². The monoisotopic (exact) mass is 387 g/mol. The van der Waals surface area contributed by atoms with Gasteiger partial charge in [-0.15, -0.1) is 10.2 Å². The lowest BCUT2D eigenvalue weighted by Gasteiger charge is -2.50. The van der Waals surface area contributed by atoms with Crippen LogP contribution in [-0.4, -0.2) is 86.1 Å². The molecule has 0 aliphatic carbocycles. The molecule has 1 unspecified atom stereocenters. The van der Waals surface area contributed by atoms with Gasteiger partial charge in [-0.05, 0) is 13.0 Å². The molecule has 2 aromatic heterocycles. The van der Waals surface area contributed by atoms with Crippen molar-refractivity contribution in [2.24, 2.45) is 12.5 Å². The standard InChI is InChI=1S/C18H25N7O3/c1-4-25-14(5-6-20-25)17(27)24-10-18(11-24)9-23(15(26)8-28-3)7-13(18)16-21-19-12-22(16)2/h5-6,12-13H,4,7-11H2,1-3H3. The molecule has 10 heteroatoms. The van der Waals surface area contributed by atoms with Gasteiger partial charge in [0.25, 0.3) is 5.91 Å². The summed E-state index contributed by atoms with van der Waals surface area (Å²) in [7, 11) is 3.43. The van der Waals surface area contributed by atoms with E-state index in [1.807, 2.05) is 28.3 Å². The molecule has 4 heterocycles. The predicted molar refractivity (Wildman–Crippen MR) is 98.4 cm³/mol. The Kier molecular flexibility index (Phi) is 4.66. The minimum Gasteiger partial charge on any atom is -0.375 e. The zero-order chi connectivity index (χ0) is 19.9. The van der Waals surface area contributed by atoms with E-state index in [-0.39, 0.29) is 29.8 Å². The van der Waals surface area contributed by atoms with Crippen molar-refractivity contribution >= 4 is 11.8 Å². The number of nitrogens with zero attached hydrogens (tertiary/aromatic N) is 7. The highest BCUT2D eigenvalue weighted by atomic mass is 16.5. The molecule has 2 aliphatic rings. The van der Waals surface area contributed by atoms with Gasteiger partial charge >= 0.3 is 0 Å². The number of ether oxygens (including phenoxy) is 1. The van der Waals surface area contributed by atoms with Crippen molar-refractivity contribution in [1.82, 2.24) is 34.3 Å². The zero-order valence-corrected chi connectivity index (χ0v) is 16.4. The Hall–Kier alpha value is -2.75. The van der Waals surface area contributed by atoms with E-state index in [1.54, 1.807) is 23.3 Å². The lowest BCUT2D eigenvalue weighted by Crippen LogP contribution is -2.62. The van der Waals surface area contributed by atoms with Gasteiger partial charge in [0.15, 0.2) is 0 Å². The summed E-state index contributed by atoms with van der Waals surface area (Å²) in [6, 6.07) is 1.75. The topological polar surface area (TPSA) is 98.4 Å². The van der Waals surface area contributed by atoms with E-state index in [4.69, 9.17) is 4.74 Å². The normalized spacial score (nSPS) is 20.6. The van der Waals surface area contributed by atoms with Gasteiger partial charge in [0, 0.05) is 64.4 Å². The summed E-state index contributed by atoms with van der Waals surface area (Å²) in [5.74, 6) is 0.808. The number of carbonyl (C=O) groups excluding carboxylic acids is 2. The first-order valence-electron chi connectivity index (χ1n) is 9.41. The molecule has 2 aliphatic heterocycles. The Balaban J connectivity index is 1.56. The van der Waals surface area contributed by atoms with E-state index in [0.717, 1.165) is 5.82 Å². The van der Waals surface area contributed by atoms with Crippen LogP contribution in [-0.2, 0) is 23.1 Å². The van der Waals surface area contributed by atoms with Crippen LogP contribution < -0.4 is 0 Å². The summed E-state index contributed by atoms with van der Waals surface area (Å²) >= 11 is 0. The summed E-state index contributed by atoms with van der Waals surface area (Å²) < 4.78 is 8.62. The number of aromatic nitrogens is 5. The van der Waals surface area contributed by atoms with Crippen LogP contribution in [0.3, 0.4) is 0 Å². The van der Waals surface area contributed by atoms with E-state index in [2.05, 4.69) is 15.3 Å². The van der Waals surface area contributed by atoms with E-state index in [9.17, 15) is 9.59 Å². The fourth-order valence-electron chi connectivity index (χ4n) is 4.44. The Morgan fingerprint density at radius 1 is 1.29 bits per heavy atom. The summed E-state index contributed by atoms with van der Waals surface area (Å²) in [5.41, 5.74) is 0.384. The number of hydrogen-bond donors (Lipinski definition) is 0. The SMILES string of the molecule is CCn1nccc1C(=O)N1CC2(CN(C(=O)COC)CC2c2nncn2C)C1. The first-order chi connectivity index (χ1) is 13.5. The third kappa shape index (κ3) is 2.88. The summed E-state index contributed by atoms with van der Waals surface area (Å²) in [5, 5.41) is 12.5. The highest BCUT2D eigenvalue weighted by molar-refractivity contribution is 5.93. The number of rotatable bonds is 5. The molecule has 0 radical (unpaired) electrons. The van der Waals surface area contributed by atoms with Gasteiger partial charge in [0.1, 0.15) is 24.5 Å². The highest BCUT2D eigenvalue weighted by Gasteiger charge is 2.58. The van der Waals surface area contributed by atoms with Crippen LogP contribution in [0.15, 0.2) is 18.6 Å². The van der Waals surface area contributed by atoms with Gasteiger partial charge < -0.3 is 19.1 Å². The van der Waals surface area contributed by atoms with E-state index < -0.39 is 0 Å². The van der Waals surface area contributed by atoms with Gasteiger partial charge in [0.2, 0.25) is 5.91 Å². The number of carbonyl (C=O) groups is 2. The van der Waals surface area contributed by atoms with Gasteiger partial charge in [-0.3, -0.25) is 14.3 Å². The average molecular weight is 387 g/mol. The Morgan fingerprint density at radius 3 is 2.68 bits per heavy atom. The number of hydrogen-bond acceptors (Lipinski definition) is 6. The van der Waals surface area contributed by atoms with E-state index in [0.29, 0.717) is 38.4 Å². The fourth-order valence-corrected chi connectivity index (χ4v) is 4.44. The molecule has 1 spiro atoms. The summed E-state index contributed by atoms with van der Waals surface area (Å²) in [6.45, 7) is 4.97. The third-order valence-corrected chi connectivity index (χ3v) is 5.86. The molecule has 1 atom stereocenters. The Labute approximate surface area is 163 Å². The minimum atomic E-state index is -0.211. The van der Waals surface area contributed by atoms with E-state index >= 15 is 0 Å². The zero-order valence-electron chi connectivity index (χ0n) is 16.4. The van der Waals surface area contributed by atoms with Crippen LogP contribution in [0, 0.1) is 5.41 Å². The smallest absolute Gasteiger partial charge is 0.272 e. The lowest BCUT2D eigenvalue weighted by molar-refractivity contribution is -0.134. The van der Waals surface area contributed by atoms with Crippen molar-refractivity contribution in [3.8, 4) is 0 Å². The summed E-state index contributed by atoms with van der Waals surface area (Å²) in [6.07, 6.45) is 3.32. The van der Waals surface area contributed by atoms with Crippen LogP contribution in [0.25, 0.3) is 0 Å². The van der Waals surface area contributed by atoms with Crippen molar-refractivity contribution in [2.75, 3.05) is 39.9 Å². The molecule has 150 valence electrons. The number of amides is 2. The lowest BCUT2D eigenvalue weighted by atomic mass is 9.71. The number of likely N-dealkylation sites (tertiary alicyclic amines) is 2. The maximum absolute atomic E-state index is 12.9. The molecule has 0 saturated carbocycles. The first-order valence-corrected chi connectivity index (χ1v) is 9.41. The van der Waals surface area contributed by atoms with Crippen molar-refractivity contribution in [3.05, 3.63) is 30.1 Å². The van der Waals surface area contributed by atoms with Crippen molar-refractivity contribution in [3.63, 3.8) is 0 Å². The van der Waals surface area contributed by atoms with Gasteiger partial charge in [-0.1, -0.05) is 0 Å². The average Bonchev–Trinajstić information content (AvgIpc) is 3.37. The largest absolute Gasteiger partial charge is 0.375 e. The molecular weight excluding hydrogens is 362 g/mol. The summed E-state index contributed by atoms with van der Waals surface area (Å²) in [4.78, 5) is 29.0. The van der Waals surface area contributed by atoms with Crippen molar-refractivity contribution < 1.29 is 14.3 Å². The van der Waals surface area contributed by atoms with Crippen LogP contribution in [0.2, 0.25) is 0 Å². The highest BCUT2D eigenvalue weighted by Crippen LogP contribution is 2.48. The number of methoxy groups -OCH3 is 1. The van der Waals surface area contributed by atoms with E-state index in [1.165, 1.54) is 7.11 Å². The van der Waals surface area contributed by atoms with Crippen LogP contribution in [0.5, 0.6) is 0 Å². The molecule has 2 fully saturated rings. The van der Waals surface area contributed by atoms with Crippen molar-refractivity contribution in [2.45, 2.75) is 19.4 Å². The quantitative estimate of drug-likeness (QED) is 0.701. The fraction of sp³-hybridized carbons (Fsp3) is 0.611. The Morgan fingerprint density at radius 2 is 2.04 bits per heavy atom. The van der Waals surface area contributed by atoms with Crippen molar-refractivity contribution in [1.29, 1.82) is 0 Å². The molecule has 2 saturated heterocycles.